The van der Waals surface area contributed by atoms with Crippen LogP contribution in [0.25, 0.3) is 0 Å². The lowest BCUT2D eigenvalue weighted by Gasteiger charge is -2.23. The lowest BCUT2D eigenvalue weighted by atomic mass is 10.1. The van der Waals surface area contributed by atoms with E-state index in [4.69, 9.17) is 27.9 Å². The zero-order chi connectivity index (χ0) is 14.4. The van der Waals surface area contributed by atoms with Gasteiger partial charge in [-0.15, -0.1) is 0 Å². The Morgan fingerprint density at radius 2 is 2.20 bits per heavy atom. The van der Waals surface area contributed by atoms with Gasteiger partial charge in [0.2, 0.25) is 0 Å². The van der Waals surface area contributed by atoms with E-state index in [9.17, 15) is 5.11 Å². The third-order valence-electron chi connectivity index (χ3n) is 3.57. The zero-order valence-electron chi connectivity index (χ0n) is 11.4. The minimum Gasteiger partial charge on any atom is -0.387 e. The molecule has 0 radical (unpaired) electrons. The standard InChI is InChI=1S/C15H21Cl2NO2/c16-11-4-5-14(17)13(9-11)15(19)10-18-7-6-12-3-1-2-8-20-12/h4-5,9,12,15,18-19H,1-3,6-8,10H2. The maximum Gasteiger partial charge on any atom is 0.0929 e. The van der Waals surface area contributed by atoms with E-state index < -0.39 is 6.10 Å². The Labute approximate surface area is 130 Å². The van der Waals surface area contributed by atoms with Gasteiger partial charge in [0, 0.05) is 28.8 Å². The summed E-state index contributed by atoms with van der Waals surface area (Å²) in [4.78, 5) is 0. The molecule has 0 spiro atoms. The van der Waals surface area contributed by atoms with E-state index in [1.54, 1.807) is 18.2 Å². The molecule has 0 aliphatic carbocycles. The van der Waals surface area contributed by atoms with Crippen molar-refractivity contribution in [3.8, 4) is 0 Å². The number of halogens is 2. The maximum absolute atomic E-state index is 10.1. The predicted molar refractivity (Wildman–Crippen MR) is 82.5 cm³/mol. The first-order valence-electron chi connectivity index (χ1n) is 7.12. The molecule has 2 unspecified atom stereocenters. The van der Waals surface area contributed by atoms with Gasteiger partial charge in [-0.1, -0.05) is 23.2 Å². The van der Waals surface area contributed by atoms with E-state index in [1.165, 1.54) is 12.8 Å². The van der Waals surface area contributed by atoms with Crippen LogP contribution in [0.3, 0.4) is 0 Å². The van der Waals surface area contributed by atoms with Crippen molar-refractivity contribution in [2.75, 3.05) is 19.7 Å². The Hall–Kier alpha value is -0.320. The number of rotatable bonds is 6. The average Bonchev–Trinajstić information content (AvgIpc) is 2.47. The molecule has 1 fully saturated rings. The fraction of sp³-hybridized carbons (Fsp3) is 0.600. The lowest BCUT2D eigenvalue weighted by molar-refractivity contribution is 0.0111. The number of hydrogen-bond acceptors (Lipinski definition) is 3. The molecular weight excluding hydrogens is 297 g/mol. The van der Waals surface area contributed by atoms with E-state index in [2.05, 4.69) is 5.32 Å². The molecule has 0 bridgehead atoms. The predicted octanol–water partition coefficient (Wildman–Crippen LogP) is 3.58. The second-order valence-electron chi connectivity index (χ2n) is 5.16. The summed E-state index contributed by atoms with van der Waals surface area (Å²) < 4.78 is 5.66. The molecule has 1 aliphatic heterocycles. The molecular formula is C15H21Cl2NO2. The van der Waals surface area contributed by atoms with Gasteiger partial charge < -0.3 is 15.2 Å². The monoisotopic (exact) mass is 317 g/mol. The number of nitrogens with one attached hydrogen (secondary N) is 1. The summed E-state index contributed by atoms with van der Waals surface area (Å²) in [5.41, 5.74) is 0.667. The van der Waals surface area contributed by atoms with E-state index in [0.29, 0.717) is 28.3 Å². The second kappa shape index (κ2) is 8.20. The summed E-state index contributed by atoms with van der Waals surface area (Å²) in [7, 11) is 0. The Kier molecular flexibility index (Phi) is 6.59. The molecule has 0 saturated carbocycles. The van der Waals surface area contributed by atoms with Crippen LogP contribution in [0.15, 0.2) is 18.2 Å². The molecule has 1 heterocycles. The molecule has 2 N–H and O–H groups in total. The molecule has 2 rings (SSSR count). The fourth-order valence-electron chi connectivity index (χ4n) is 2.42. The topological polar surface area (TPSA) is 41.5 Å². The number of hydrogen-bond donors (Lipinski definition) is 2. The van der Waals surface area contributed by atoms with Gasteiger partial charge in [-0.05, 0) is 50.4 Å². The van der Waals surface area contributed by atoms with Crippen molar-refractivity contribution < 1.29 is 9.84 Å². The molecule has 112 valence electrons. The van der Waals surface area contributed by atoms with Crippen LogP contribution in [0.1, 0.15) is 37.4 Å². The number of aliphatic hydroxyl groups excluding tert-OH is 1. The molecule has 5 heteroatoms. The fourth-order valence-corrected chi connectivity index (χ4v) is 2.84. The minimum absolute atomic E-state index is 0.364. The number of benzene rings is 1. The average molecular weight is 318 g/mol. The summed E-state index contributed by atoms with van der Waals surface area (Å²) in [6.45, 7) is 2.18. The third-order valence-corrected chi connectivity index (χ3v) is 4.15. The number of ether oxygens (including phenoxy) is 1. The highest BCUT2D eigenvalue weighted by Crippen LogP contribution is 2.26. The van der Waals surface area contributed by atoms with Crippen LogP contribution in [0, 0.1) is 0 Å². The molecule has 2 atom stereocenters. The van der Waals surface area contributed by atoms with Gasteiger partial charge in [0.15, 0.2) is 0 Å². The molecule has 20 heavy (non-hydrogen) atoms. The smallest absolute Gasteiger partial charge is 0.0929 e. The van der Waals surface area contributed by atoms with Gasteiger partial charge >= 0.3 is 0 Å². The molecule has 0 amide bonds. The van der Waals surface area contributed by atoms with Crippen molar-refractivity contribution in [1.29, 1.82) is 0 Å². The van der Waals surface area contributed by atoms with Crippen LogP contribution in [0.2, 0.25) is 10.0 Å². The molecule has 1 saturated heterocycles. The highest BCUT2D eigenvalue weighted by Gasteiger charge is 2.14. The van der Waals surface area contributed by atoms with E-state index in [1.807, 2.05) is 0 Å². The highest BCUT2D eigenvalue weighted by atomic mass is 35.5. The van der Waals surface area contributed by atoms with Crippen LogP contribution < -0.4 is 5.32 Å². The summed E-state index contributed by atoms with van der Waals surface area (Å²) >= 11 is 12.0. The Bertz CT molecular complexity index is 422. The normalized spacial score (nSPS) is 20.9. The van der Waals surface area contributed by atoms with E-state index in [0.717, 1.165) is 26.0 Å². The van der Waals surface area contributed by atoms with Gasteiger partial charge in [0.1, 0.15) is 0 Å². The quantitative estimate of drug-likeness (QED) is 0.788. The van der Waals surface area contributed by atoms with Crippen molar-refractivity contribution >= 4 is 23.2 Å². The van der Waals surface area contributed by atoms with Crippen molar-refractivity contribution in [1.82, 2.24) is 5.32 Å². The molecule has 1 aromatic rings. The molecule has 0 aromatic heterocycles. The highest BCUT2D eigenvalue weighted by molar-refractivity contribution is 6.33. The van der Waals surface area contributed by atoms with Crippen molar-refractivity contribution in [3.63, 3.8) is 0 Å². The molecule has 1 aliphatic rings. The summed E-state index contributed by atoms with van der Waals surface area (Å²) in [6.07, 6.45) is 4.28. The van der Waals surface area contributed by atoms with Crippen LogP contribution in [0.4, 0.5) is 0 Å². The Morgan fingerprint density at radius 1 is 1.35 bits per heavy atom. The van der Waals surface area contributed by atoms with Gasteiger partial charge in [-0.2, -0.15) is 0 Å². The Balaban J connectivity index is 1.71. The van der Waals surface area contributed by atoms with Crippen molar-refractivity contribution in [3.05, 3.63) is 33.8 Å². The van der Waals surface area contributed by atoms with Gasteiger partial charge in [-0.3, -0.25) is 0 Å². The van der Waals surface area contributed by atoms with E-state index >= 15 is 0 Å². The summed E-state index contributed by atoms with van der Waals surface area (Å²) in [6, 6.07) is 5.13. The van der Waals surface area contributed by atoms with Crippen LogP contribution in [-0.4, -0.2) is 30.9 Å². The first-order valence-corrected chi connectivity index (χ1v) is 7.88. The van der Waals surface area contributed by atoms with Gasteiger partial charge in [0.05, 0.1) is 12.2 Å². The van der Waals surface area contributed by atoms with Crippen molar-refractivity contribution in [2.24, 2.45) is 0 Å². The first-order chi connectivity index (χ1) is 9.66. The lowest BCUT2D eigenvalue weighted by Crippen LogP contribution is -2.28. The van der Waals surface area contributed by atoms with Crippen molar-refractivity contribution in [2.45, 2.75) is 37.9 Å². The maximum atomic E-state index is 10.1. The number of aliphatic hydroxyl groups is 1. The van der Waals surface area contributed by atoms with Crippen LogP contribution in [0.5, 0.6) is 0 Å². The molecule has 3 nitrogen and oxygen atoms in total. The van der Waals surface area contributed by atoms with Crippen LogP contribution in [-0.2, 0) is 4.74 Å². The third kappa shape index (κ3) is 4.90. The van der Waals surface area contributed by atoms with Gasteiger partial charge in [-0.25, -0.2) is 0 Å². The Morgan fingerprint density at radius 3 is 2.95 bits per heavy atom. The zero-order valence-corrected chi connectivity index (χ0v) is 13.0. The minimum atomic E-state index is -0.645. The molecule has 1 aromatic carbocycles. The first kappa shape index (κ1) is 16.1. The van der Waals surface area contributed by atoms with Gasteiger partial charge in [0.25, 0.3) is 0 Å². The summed E-state index contributed by atoms with van der Waals surface area (Å²) in [5.74, 6) is 0. The SMILES string of the molecule is OC(CNCCC1CCCCO1)c1cc(Cl)ccc1Cl. The second-order valence-corrected chi connectivity index (χ2v) is 6.01. The largest absolute Gasteiger partial charge is 0.387 e. The van der Waals surface area contributed by atoms with E-state index in [-0.39, 0.29) is 0 Å². The van der Waals surface area contributed by atoms with Crippen LogP contribution >= 0.6 is 23.2 Å². The summed E-state index contributed by atoms with van der Waals surface area (Å²) in [5, 5.41) is 14.5.